The number of ether oxygens (including phenoxy) is 1. The number of nitrogens with zero attached hydrogens (tertiary/aromatic N) is 3. The smallest absolute Gasteiger partial charge is 0.130 e. The van der Waals surface area contributed by atoms with Crippen LogP contribution >= 0.6 is 0 Å². The summed E-state index contributed by atoms with van der Waals surface area (Å²) >= 11 is 0. The number of nitrogens with one attached hydrogen (secondary N) is 3. The van der Waals surface area contributed by atoms with Crippen LogP contribution in [-0.2, 0) is 4.74 Å². The predicted molar refractivity (Wildman–Crippen MR) is 130 cm³/mol. The molecule has 2 aromatic heterocycles. The number of pyridine rings is 1. The normalized spacial score (nSPS) is 16.6. The predicted octanol–water partition coefficient (Wildman–Crippen LogP) is 3.05. The van der Waals surface area contributed by atoms with Gasteiger partial charge in [-0.3, -0.25) is 0 Å². The van der Waals surface area contributed by atoms with Crippen LogP contribution in [0.5, 0.6) is 0 Å². The molecule has 0 bridgehead atoms. The third-order valence-corrected chi connectivity index (χ3v) is 5.97. The van der Waals surface area contributed by atoms with Gasteiger partial charge >= 0.3 is 0 Å². The molecule has 32 heavy (non-hydrogen) atoms. The van der Waals surface area contributed by atoms with Crippen LogP contribution in [0.3, 0.4) is 0 Å². The Morgan fingerprint density at radius 1 is 0.969 bits per heavy atom. The number of piperazine rings is 1. The number of aromatic nitrogens is 2. The molecule has 2 aliphatic rings. The molecular weight excluding hydrogens is 400 g/mol. The van der Waals surface area contributed by atoms with E-state index in [0.29, 0.717) is 0 Å². The van der Waals surface area contributed by atoms with E-state index in [1.165, 1.54) is 5.69 Å². The van der Waals surface area contributed by atoms with Gasteiger partial charge in [0.2, 0.25) is 0 Å². The van der Waals surface area contributed by atoms with E-state index in [2.05, 4.69) is 60.6 Å². The van der Waals surface area contributed by atoms with Gasteiger partial charge in [-0.05, 0) is 42.5 Å². The highest BCUT2D eigenvalue weighted by Crippen LogP contribution is 2.29. The van der Waals surface area contributed by atoms with Crippen molar-refractivity contribution >= 4 is 23.0 Å². The summed E-state index contributed by atoms with van der Waals surface area (Å²) in [6.45, 7) is 7.25. The van der Waals surface area contributed by atoms with Gasteiger partial charge < -0.3 is 30.2 Å². The van der Waals surface area contributed by atoms with Crippen LogP contribution in [0.25, 0.3) is 11.3 Å². The number of hydrogen-bond donors (Lipinski definition) is 3. The molecule has 5 rings (SSSR count). The molecule has 0 aliphatic carbocycles. The van der Waals surface area contributed by atoms with Crippen molar-refractivity contribution in [2.45, 2.75) is 0 Å². The first-order valence-electron chi connectivity index (χ1n) is 11.1. The molecule has 0 atom stereocenters. The third-order valence-electron chi connectivity index (χ3n) is 5.97. The molecule has 164 valence electrons. The monoisotopic (exact) mass is 428 g/mol. The maximum absolute atomic E-state index is 5.80. The summed E-state index contributed by atoms with van der Waals surface area (Å²) in [5.41, 5.74) is 5.16. The van der Waals surface area contributed by atoms with Gasteiger partial charge in [0.25, 0.3) is 0 Å². The van der Waals surface area contributed by atoms with E-state index < -0.39 is 0 Å². The maximum atomic E-state index is 5.80. The molecule has 4 heterocycles. The van der Waals surface area contributed by atoms with E-state index in [0.717, 1.165) is 86.6 Å². The van der Waals surface area contributed by atoms with Crippen LogP contribution in [0.1, 0.15) is 5.56 Å². The van der Waals surface area contributed by atoms with Gasteiger partial charge in [0.1, 0.15) is 11.6 Å². The van der Waals surface area contributed by atoms with E-state index in [-0.39, 0.29) is 0 Å². The number of rotatable bonds is 5. The van der Waals surface area contributed by atoms with Crippen molar-refractivity contribution in [1.29, 1.82) is 0 Å². The highest BCUT2D eigenvalue weighted by Gasteiger charge is 2.17. The zero-order valence-electron chi connectivity index (χ0n) is 18.1. The zero-order valence-corrected chi connectivity index (χ0v) is 18.1. The molecule has 7 heteroatoms. The van der Waals surface area contributed by atoms with Gasteiger partial charge in [-0.15, -0.1) is 6.42 Å². The number of H-pyrrole nitrogens is 1. The van der Waals surface area contributed by atoms with Crippen molar-refractivity contribution in [3.05, 3.63) is 54.2 Å². The topological polar surface area (TPSA) is 68.5 Å². The van der Waals surface area contributed by atoms with Gasteiger partial charge in [-0.25, -0.2) is 4.98 Å². The Labute approximate surface area is 188 Å². The SMILES string of the molecule is C#Cc1cc(-c2ccnc(Nc3ccc(N4CCOCC4)cc3)c2)[nH]c1N1CCNCC1. The maximum Gasteiger partial charge on any atom is 0.130 e. The van der Waals surface area contributed by atoms with E-state index in [1.54, 1.807) is 0 Å². The van der Waals surface area contributed by atoms with Crippen molar-refractivity contribution in [1.82, 2.24) is 15.3 Å². The van der Waals surface area contributed by atoms with Crippen LogP contribution in [0.15, 0.2) is 48.7 Å². The zero-order chi connectivity index (χ0) is 21.8. The Bertz CT molecular complexity index is 1090. The fourth-order valence-corrected chi connectivity index (χ4v) is 4.24. The van der Waals surface area contributed by atoms with Gasteiger partial charge in [-0.1, -0.05) is 5.92 Å². The molecule has 2 fully saturated rings. The highest BCUT2D eigenvalue weighted by atomic mass is 16.5. The molecule has 0 amide bonds. The molecule has 0 saturated carbocycles. The van der Waals surface area contributed by atoms with Crippen LogP contribution in [0, 0.1) is 12.3 Å². The lowest BCUT2D eigenvalue weighted by molar-refractivity contribution is 0.122. The van der Waals surface area contributed by atoms with E-state index in [1.807, 2.05) is 24.4 Å². The fourth-order valence-electron chi connectivity index (χ4n) is 4.24. The van der Waals surface area contributed by atoms with E-state index >= 15 is 0 Å². The second-order valence-electron chi connectivity index (χ2n) is 8.03. The number of hydrogen-bond acceptors (Lipinski definition) is 6. The summed E-state index contributed by atoms with van der Waals surface area (Å²) in [5, 5.41) is 6.80. The second kappa shape index (κ2) is 9.35. The molecule has 0 spiro atoms. The minimum atomic E-state index is 0.785. The first kappa shape index (κ1) is 20.4. The lowest BCUT2D eigenvalue weighted by Crippen LogP contribution is -2.44. The van der Waals surface area contributed by atoms with E-state index in [4.69, 9.17) is 11.2 Å². The van der Waals surface area contributed by atoms with Gasteiger partial charge in [0, 0.05) is 68.1 Å². The summed E-state index contributed by atoms with van der Waals surface area (Å²) in [6.07, 6.45) is 7.62. The fraction of sp³-hybridized carbons (Fsp3) is 0.320. The van der Waals surface area contributed by atoms with Crippen LogP contribution in [0.4, 0.5) is 23.0 Å². The quantitative estimate of drug-likeness (QED) is 0.543. The Kier molecular flexibility index (Phi) is 5.97. The molecule has 0 unspecified atom stereocenters. The highest BCUT2D eigenvalue weighted by molar-refractivity contribution is 5.72. The average molecular weight is 429 g/mol. The summed E-state index contributed by atoms with van der Waals surface area (Å²) in [5.74, 6) is 4.65. The molecule has 0 radical (unpaired) electrons. The lowest BCUT2D eigenvalue weighted by Gasteiger charge is -2.28. The van der Waals surface area contributed by atoms with Crippen LogP contribution in [-0.4, -0.2) is 62.5 Å². The lowest BCUT2D eigenvalue weighted by atomic mass is 10.1. The Hall–Kier alpha value is -3.47. The molecule has 2 saturated heterocycles. The third kappa shape index (κ3) is 4.42. The molecule has 3 N–H and O–H groups in total. The molecule has 2 aliphatic heterocycles. The number of aromatic amines is 1. The van der Waals surface area contributed by atoms with Crippen molar-refractivity contribution < 1.29 is 4.74 Å². The Morgan fingerprint density at radius 2 is 1.75 bits per heavy atom. The molecule has 3 aromatic rings. The number of morpholine rings is 1. The average Bonchev–Trinajstić information content (AvgIpc) is 3.31. The molecule has 1 aromatic carbocycles. The summed E-state index contributed by atoms with van der Waals surface area (Å²) in [7, 11) is 0. The summed E-state index contributed by atoms with van der Waals surface area (Å²) < 4.78 is 5.44. The molecular formula is C25H28N6O. The Morgan fingerprint density at radius 3 is 2.50 bits per heavy atom. The van der Waals surface area contributed by atoms with Crippen molar-refractivity contribution in [3.8, 4) is 23.6 Å². The van der Waals surface area contributed by atoms with Crippen molar-refractivity contribution in [2.24, 2.45) is 0 Å². The Balaban J connectivity index is 1.32. The van der Waals surface area contributed by atoms with Crippen LogP contribution < -0.4 is 20.4 Å². The number of terminal acetylenes is 1. The minimum absolute atomic E-state index is 0.785. The number of anilines is 4. The summed E-state index contributed by atoms with van der Waals surface area (Å²) in [6, 6.07) is 14.6. The van der Waals surface area contributed by atoms with Crippen molar-refractivity contribution in [3.63, 3.8) is 0 Å². The first-order valence-corrected chi connectivity index (χ1v) is 11.1. The molecule has 7 nitrogen and oxygen atoms in total. The first-order chi connectivity index (χ1) is 15.8. The minimum Gasteiger partial charge on any atom is -0.378 e. The van der Waals surface area contributed by atoms with Crippen molar-refractivity contribution in [2.75, 3.05) is 67.6 Å². The number of benzene rings is 1. The largest absolute Gasteiger partial charge is 0.378 e. The summed E-state index contributed by atoms with van der Waals surface area (Å²) in [4.78, 5) is 12.7. The van der Waals surface area contributed by atoms with E-state index in [9.17, 15) is 0 Å². The standard InChI is InChI=1S/C25H28N6O/c1-2-19-17-23(29-25(19)31-11-9-26-10-12-31)20-7-8-27-24(18-20)28-21-3-5-22(6-4-21)30-13-15-32-16-14-30/h1,3-8,17-18,26,29H,9-16H2,(H,27,28). The van der Waals surface area contributed by atoms with Gasteiger partial charge in [0.15, 0.2) is 0 Å². The van der Waals surface area contributed by atoms with Crippen LogP contribution in [0.2, 0.25) is 0 Å². The van der Waals surface area contributed by atoms with Gasteiger partial charge in [0.05, 0.1) is 18.8 Å². The van der Waals surface area contributed by atoms with Gasteiger partial charge in [-0.2, -0.15) is 0 Å². The second-order valence-corrected chi connectivity index (χ2v) is 8.03.